The van der Waals surface area contributed by atoms with Crippen LogP contribution in [-0.4, -0.2) is 18.8 Å². The maximum atomic E-state index is 14.1. The topological polar surface area (TPSA) is 55.5 Å². The molecule has 0 bridgehead atoms. The van der Waals surface area contributed by atoms with Crippen molar-refractivity contribution >= 4 is 11.6 Å². The van der Waals surface area contributed by atoms with E-state index in [1.54, 1.807) is 43.5 Å². The quantitative estimate of drug-likeness (QED) is 0.891. The van der Waals surface area contributed by atoms with Crippen LogP contribution in [0.2, 0.25) is 5.02 Å². The van der Waals surface area contributed by atoms with Gasteiger partial charge in [0.2, 0.25) is 0 Å². The zero-order valence-electron chi connectivity index (χ0n) is 11.6. The number of aliphatic hydroxyl groups is 1. The van der Waals surface area contributed by atoms with E-state index in [0.29, 0.717) is 16.9 Å². The highest BCUT2D eigenvalue weighted by molar-refractivity contribution is 6.30. The largest absolute Gasteiger partial charge is 0.497 e. The van der Waals surface area contributed by atoms with Crippen LogP contribution in [0.3, 0.4) is 0 Å². The van der Waals surface area contributed by atoms with Crippen LogP contribution in [0.1, 0.15) is 23.1 Å². The summed E-state index contributed by atoms with van der Waals surface area (Å²) in [7, 11) is 1.54. The van der Waals surface area contributed by atoms with Gasteiger partial charge in [0.1, 0.15) is 11.6 Å². The van der Waals surface area contributed by atoms with E-state index in [1.807, 2.05) is 0 Å². The van der Waals surface area contributed by atoms with Crippen LogP contribution in [0.4, 0.5) is 4.39 Å². The standard InChI is InChI=1S/C16H17ClFNO2/c1-21-11-5-2-4-10(8-11)16(20)13(9-19)12-6-3-7-14(17)15(12)18/h2-8,13,16,20H,9,19H2,1H3. The summed E-state index contributed by atoms with van der Waals surface area (Å²) in [6.45, 7) is 0.0929. The Balaban J connectivity index is 2.38. The molecule has 112 valence electrons. The van der Waals surface area contributed by atoms with Gasteiger partial charge in [-0.3, -0.25) is 0 Å². The van der Waals surface area contributed by atoms with Gasteiger partial charge in [0.05, 0.1) is 18.2 Å². The maximum Gasteiger partial charge on any atom is 0.145 e. The number of hydrogen-bond acceptors (Lipinski definition) is 3. The first-order valence-electron chi connectivity index (χ1n) is 6.54. The van der Waals surface area contributed by atoms with Crippen molar-refractivity contribution in [2.24, 2.45) is 5.73 Å². The van der Waals surface area contributed by atoms with Crippen molar-refractivity contribution in [2.75, 3.05) is 13.7 Å². The predicted octanol–water partition coefficient (Wildman–Crippen LogP) is 3.26. The van der Waals surface area contributed by atoms with Gasteiger partial charge in [0.25, 0.3) is 0 Å². The van der Waals surface area contributed by atoms with Crippen molar-refractivity contribution in [2.45, 2.75) is 12.0 Å². The fourth-order valence-corrected chi connectivity index (χ4v) is 2.47. The average molecular weight is 310 g/mol. The summed E-state index contributed by atoms with van der Waals surface area (Å²) in [5.74, 6) is -0.513. The monoisotopic (exact) mass is 309 g/mol. The normalized spacial score (nSPS) is 13.8. The number of benzene rings is 2. The summed E-state index contributed by atoms with van der Waals surface area (Å²) in [6, 6.07) is 11.7. The van der Waals surface area contributed by atoms with Crippen LogP contribution in [0, 0.1) is 5.82 Å². The summed E-state index contributed by atoms with van der Waals surface area (Å²) < 4.78 is 19.3. The highest BCUT2D eigenvalue weighted by Gasteiger charge is 2.25. The molecule has 2 atom stereocenters. The lowest BCUT2D eigenvalue weighted by molar-refractivity contribution is 0.145. The van der Waals surface area contributed by atoms with E-state index in [1.165, 1.54) is 6.07 Å². The second-order valence-electron chi connectivity index (χ2n) is 4.71. The lowest BCUT2D eigenvalue weighted by atomic mass is 9.89. The molecular weight excluding hydrogens is 293 g/mol. The summed E-state index contributed by atoms with van der Waals surface area (Å²) in [4.78, 5) is 0. The Bertz CT molecular complexity index is 621. The second-order valence-corrected chi connectivity index (χ2v) is 5.11. The Labute approximate surface area is 128 Å². The summed E-state index contributed by atoms with van der Waals surface area (Å²) in [5.41, 5.74) is 6.65. The fourth-order valence-electron chi connectivity index (χ4n) is 2.29. The zero-order chi connectivity index (χ0) is 15.4. The molecule has 21 heavy (non-hydrogen) atoms. The van der Waals surface area contributed by atoms with Crippen LogP contribution >= 0.6 is 11.6 Å². The van der Waals surface area contributed by atoms with Gasteiger partial charge in [-0.25, -0.2) is 4.39 Å². The molecular formula is C16H17ClFNO2. The molecule has 0 fully saturated rings. The van der Waals surface area contributed by atoms with E-state index in [2.05, 4.69) is 0 Å². The number of methoxy groups -OCH3 is 1. The maximum absolute atomic E-state index is 14.1. The molecule has 0 aliphatic heterocycles. The minimum atomic E-state index is -0.946. The lowest BCUT2D eigenvalue weighted by Crippen LogP contribution is -2.21. The Kier molecular flexibility index (Phi) is 5.17. The summed E-state index contributed by atoms with van der Waals surface area (Å²) in [5, 5.41) is 10.5. The molecule has 2 aromatic rings. The molecule has 0 heterocycles. The Morgan fingerprint density at radius 1 is 1.29 bits per heavy atom. The van der Waals surface area contributed by atoms with E-state index in [-0.39, 0.29) is 11.6 Å². The van der Waals surface area contributed by atoms with E-state index in [4.69, 9.17) is 22.1 Å². The van der Waals surface area contributed by atoms with Gasteiger partial charge in [-0.2, -0.15) is 0 Å². The number of ether oxygens (including phenoxy) is 1. The minimum absolute atomic E-state index is 0.0174. The highest BCUT2D eigenvalue weighted by atomic mass is 35.5. The van der Waals surface area contributed by atoms with Crippen molar-refractivity contribution in [3.8, 4) is 5.75 Å². The Morgan fingerprint density at radius 2 is 2.00 bits per heavy atom. The molecule has 2 unspecified atom stereocenters. The van der Waals surface area contributed by atoms with Crippen LogP contribution in [0.15, 0.2) is 42.5 Å². The summed E-state index contributed by atoms with van der Waals surface area (Å²) in [6.07, 6.45) is -0.946. The molecule has 0 aromatic heterocycles. The van der Waals surface area contributed by atoms with Crippen molar-refractivity contribution in [1.29, 1.82) is 0 Å². The first kappa shape index (κ1) is 15.8. The van der Waals surface area contributed by atoms with E-state index in [9.17, 15) is 9.50 Å². The van der Waals surface area contributed by atoms with Gasteiger partial charge < -0.3 is 15.6 Å². The fraction of sp³-hybridized carbons (Fsp3) is 0.250. The van der Waals surface area contributed by atoms with Gasteiger partial charge in [0.15, 0.2) is 0 Å². The third-order valence-electron chi connectivity index (χ3n) is 3.45. The van der Waals surface area contributed by atoms with Gasteiger partial charge >= 0.3 is 0 Å². The molecule has 2 rings (SSSR count). The number of halogens is 2. The van der Waals surface area contributed by atoms with Crippen LogP contribution in [0.25, 0.3) is 0 Å². The van der Waals surface area contributed by atoms with Crippen molar-refractivity contribution in [3.63, 3.8) is 0 Å². The first-order chi connectivity index (χ1) is 10.1. The van der Waals surface area contributed by atoms with Gasteiger partial charge in [-0.1, -0.05) is 35.9 Å². The molecule has 3 nitrogen and oxygen atoms in total. The first-order valence-corrected chi connectivity index (χ1v) is 6.92. The molecule has 0 radical (unpaired) electrons. The number of rotatable bonds is 5. The number of hydrogen-bond donors (Lipinski definition) is 2. The molecule has 0 saturated carbocycles. The lowest BCUT2D eigenvalue weighted by Gasteiger charge is -2.23. The molecule has 0 aliphatic carbocycles. The van der Waals surface area contributed by atoms with Gasteiger partial charge in [-0.15, -0.1) is 0 Å². The SMILES string of the molecule is COc1cccc(C(O)C(CN)c2cccc(Cl)c2F)c1. The molecule has 5 heteroatoms. The zero-order valence-corrected chi connectivity index (χ0v) is 12.3. The van der Waals surface area contributed by atoms with Crippen molar-refractivity contribution < 1.29 is 14.2 Å². The Hall–Kier alpha value is -1.62. The predicted molar refractivity (Wildman–Crippen MR) is 81.2 cm³/mol. The third-order valence-corrected chi connectivity index (χ3v) is 3.74. The average Bonchev–Trinajstić information content (AvgIpc) is 2.52. The van der Waals surface area contributed by atoms with Crippen molar-refractivity contribution in [3.05, 3.63) is 64.4 Å². The molecule has 3 N–H and O–H groups in total. The molecule has 2 aromatic carbocycles. The third kappa shape index (κ3) is 3.35. The van der Waals surface area contributed by atoms with E-state index < -0.39 is 17.8 Å². The summed E-state index contributed by atoms with van der Waals surface area (Å²) >= 11 is 5.80. The minimum Gasteiger partial charge on any atom is -0.497 e. The van der Waals surface area contributed by atoms with Gasteiger partial charge in [0, 0.05) is 12.5 Å². The molecule has 0 amide bonds. The number of aliphatic hydroxyl groups excluding tert-OH is 1. The van der Waals surface area contributed by atoms with Crippen LogP contribution in [0.5, 0.6) is 5.75 Å². The highest BCUT2D eigenvalue weighted by Crippen LogP contribution is 2.34. The molecule has 0 saturated heterocycles. The van der Waals surface area contributed by atoms with Crippen molar-refractivity contribution in [1.82, 2.24) is 0 Å². The van der Waals surface area contributed by atoms with Crippen LogP contribution < -0.4 is 10.5 Å². The van der Waals surface area contributed by atoms with Crippen LogP contribution in [-0.2, 0) is 0 Å². The van der Waals surface area contributed by atoms with E-state index in [0.717, 1.165) is 0 Å². The molecule has 0 aliphatic rings. The Morgan fingerprint density at radius 3 is 2.67 bits per heavy atom. The molecule has 0 spiro atoms. The number of nitrogens with two attached hydrogens (primary N) is 1. The van der Waals surface area contributed by atoms with Gasteiger partial charge in [-0.05, 0) is 29.3 Å². The van der Waals surface area contributed by atoms with E-state index >= 15 is 0 Å². The smallest absolute Gasteiger partial charge is 0.145 e. The second kappa shape index (κ2) is 6.89.